The third kappa shape index (κ3) is 26.8. The van der Waals surface area contributed by atoms with Crippen LogP contribution in [0.3, 0.4) is 0 Å². The van der Waals surface area contributed by atoms with Crippen LogP contribution in [0, 0.1) is 0 Å². The summed E-state index contributed by atoms with van der Waals surface area (Å²) in [6, 6.07) is 12.0. The van der Waals surface area contributed by atoms with Gasteiger partial charge in [-0.05, 0) is 97.4 Å². The number of hydrogen-bond donors (Lipinski definition) is 3. The predicted octanol–water partition coefficient (Wildman–Crippen LogP) is 4.71. The number of unbranched alkanes of at least 4 members (excludes halogenated alkanes) is 6. The van der Waals surface area contributed by atoms with Crippen molar-refractivity contribution in [3.8, 4) is 0 Å². The van der Waals surface area contributed by atoms with Crippen molar-refractivity contribution in [3.63, 3.8) is 0 Å². The Hall–Kier alpha value is -3.17. The zero-order valence-electron chi connectivity index (χ0n) is 25.6. The van der Waals surface area contributed by atoms with Crippen LogP contribution >= 0.6 is 0 Å². The molecule has 2 aromatic heterocycles. The van der Waals surface area contributed by atoms with Gasteiger partial charge in [0.15, 0.2) is 0 Å². The average Bonchev–Trinajstić information content (AvgIpc) is 2.93. The molecule has 10 nitrogen and oxygen atoms in total. The number of aromatic nitrogens is 2. The molecule has 0 bridgehead atoms. The van der Waals surface area contributed by atoms with Crippen molar-refractivity contribution in [1.82, 2.24) is 25.5 Å². The summed E-state index contributed by atoms with van der Waals surface area (Å²) < 4.78 is 5.17. The lowest BCUT2D eigenvalue weighted by molar-refractivity contribution is -0.191. The summed E-state index contributed by atoms with van der Waals surface area (Å²) in [4.78, 5) is 38.6. The van der Waals surface area contributed by atoms with Crippen molar-refractivity contribution in [2.45, 2.75) is 90.8 Å². The highest BCUT2D eigenvalue weighted by Gasteiger charge is 2.15. The summed E-state index contributed by atoms with van der Waals surface area (Å²) in [5.41, 5.74) is 7.25. The maximum Gasteiger partial charge on any atom is 0.407 e. The van der Waals surface area contributed by atoms with Crippen LogP contribution in [0.4, 0.5) is 4.79 Å². The fourth-order valence-electron chi connectivity index (χ4n) is 3.68. The number of rotatable bonds is 17. The van der Waals surface area contributed by atoms with E-state index in [1.807, 2.05) is 63.5 Å². The molecule has 41 heavy (non-hydrogen) atoms. The highest BCUT2D eigenvalue weighted by atomic mass is 16.6. The van der Waals surface area contributed by atoms with E-state index in [1.165, 1.54) is 19.3 Å². The Morgan fingerprint density at radius 2 is 1.44 bits per heavy atom. The molecule has 0 aliphatic carbocycles. The van der Waals surface area contributed by atoms with E-state index in [0.29, 0.717) is 6.54 Å². The normalized spacial score (nSPS) is 10.5. The van der Waals surface area contributed by atoms with Gasteiger partial charge in [0.2, 0.25) is 0 Å². The Labute approximate surface area is 246 Å². The number of carbonyl (C=O) groups excluding carboxylic acids is 3. The Morgan fingerprint density at radius 3 is 2.00 bits per heavy atom. The number of amides is 1. The number of nitrogens with one attached hydrogen (secondary N) is 2. The number of hydrogen-bond acceptors (Lipinski definition) is 9. The van der Waals surface area contributed by atoms with E-state index < -0.39 is 5.60 Å². The minimum atomic E-state index is -0.427. The van der Waals surface area contributed by atoms with Crippen molar-refractivity contribution in [2.75, 3.05) is 33.2 Å². The molecule has 4 N–H and O–H groups in total. The highest BCUT2D eigenvalue weighted by Crippen LogP contribution is 2.07. The van der Waals surface area contributed by atoms with Gasteiger partial charge in [-0.1, -0.05) is 37.8 Å². The van der Waals surface area contributed by atoms with Crippen LogP contribution in [0.1, 0.15) is 83.5 Å². The van der Waals surface area contributed by atoms with E-state index in [4.69, 9.17) is 20.1 Å². The molecule has 2 aromatic rings. The number of pyridine rings is 2. The molecule has 1 amide bonds. The van der Waals surface area contributed by atoms with E-state index in [2.05, 4.69) is 38.6 Å². The average molecular weight is 573 g/mol. The molecule has 0 fully saturated rings. The fourth-order valence-corrected chi connectivity index (χ4v) is 3.68. The predicted molar refractivity (Wildman–Crippen MR) is 162 cm³/mol. The second-order valence-corrected chi connectivity index (χ2v) is 10.7. The zero-order valence-corrected chi connectivity index (χ0v) is 25.6. The van der Waals surface area contributed by atoms with Gasteiger partial charge < -0.3 is 26.0 Å². The Bertz CT molecular complexity index is 904. The molecular weight excluding hydrogens is 520 g/mol. The molecule has 0 aliphatic rings. The fraction of sp³-hybridized carbons (Fsp3) is 0.613. The monoisotopic (exact) mass is 572 g/mol. The first-order chi connectivity index (χ1) is 19.7. The Balaban J connectivity index is 0.000000740. The number of nitrogens with zero attached hydrogens (tertiary/aromatic N) is 3. The van der Waals surface area contributed by atoms with Crippen LogP contribution < -0.4 is 16.4 Å². The molecule has 0 spiro atoms. The highest BCUT2D eigenvalue weighted by molar-refractivity contribution is 5.67. The van der Waals surface area contributed by atoms with Crippen LogP contribution in [0.25, 0.3) is 0 Å². The molecule has 0 aliphatic heterocycles. The van der Waals surface area contributed by atoms with Gasteiger partial charge in [-0.3, -0.25) is 9.97 Å². The van der Waals surface area contributed by atoms with Gasteiger partial charge in [-0.2, -0.15) is 9.59 Å². The van der Waals surface area contributed by atoms with Crippen LogP contribution in [0.5, 0.6) is 0 Å². The summed E-state index contributed by atoms with van der Waals surface area (Å²) in [6.45, 7) is 11.0. The van der Waals surface area contributed by atoms with E-state index in [-0.39, 0.29) is 12.2 Å². The second kappa shape index (κ2) is 25.8. The summed E-state index contributed by atoms with van der Waals surface area (Å²) in [7, 11) is 2.15. The van der Waals surface area contributed by atoms with Gasteiger partial charge in [0.25, 0.3) is 0 Å². The molecule has 0 saturated heterocycles. The van der Waals surface area contributed by atoms with Crippen molar-refractivity contribution < 1.29 is 19.1 Å². The molecule has 0 aromatic carbocycles. The van der Waals surface area contributed by atoms with E-state index in [9.17, 15) is 4.79 Å². The largest absolute Gasteiger partial charge is 0.444 e. The third-order valence-electron chi connectivity index (χ3n) is 5.63. The summed E-state index contributed by atoms with van der Waals surface area (Å²) in [5.74, 6) is 0. The molecule has 0 radical (unpaired) electrons. The molecule has 0 saturated carbocycles. The third-order valence-corrected chi connectivity index (χ3v) is 5.63. The minimum Gasteiger partial charge on any atom is -0.444 e. The summed E-state index contributed by atoms with van der Waals surface area (Å²) >= 11 is 0. The molecule has 0 atom stereocenters. The van der Waals surface area contributed by atoms with Gasteiger partial charge in [0.1, 0.15) is 5.60 Å². The second-order valence-electron chi connectivity index (χ2n) is 10.7. The lowest BCUT2D eigenvalue weighted by Gasteiger charge is -2.19. The standard InChI is InChI=1S/C17H29N3O2.C13H23N3.CO2/c1-17(2,3)22-16(21)20-13-8-5-4-7-11-18-14-15-10-6-9-12-19-15;1-16(11-7-3-2-5-9-14)12-13-8-4-6-10-15-13;2-1-3/h6,9-10,12,18H,4-5,7-8,11,13-14H2,1-3H3,(H,20,21);4,6,8,10H,2-3,5,7,9,11-12,14H2,1H3;. The van der Waals surface area contributed by atoms with E-state index >= 15 is 0 Å². The summed E-state index contributed by atoms with van der Waals surface area (Å²) in [6.07, 6.45) is 12.9. The first kappa shape index (κ1) is 37.8. The van der Waals surface area contributed by atoms with Crippen LogP contribution in [0.2, 0.25) is 0 Å². The minimum absolute atomic E-state index is 0.250. The smallest absolute Gasteiger partial charge is 0.407 e. The molecule has 2 heterocycles. The lowest BCUT2D eigenvalue weighted by atomic mass is 10.2. The molecule has 0 unspecified atom stereocenters. The van der Waals surface area contributed by atoms with E-state index in [1.54, 1.807) is 0 Å². The molecular formula is C31H52N6O4. The Kier molecular flexibility index (Phi) is 23.8. The van der Waals surface area contributed by atoms with Crippen LogP contribution in [-0.4, -0.2) is 65.9 Å². The molecule has 10 heteroatoms. The van der Waals surface area contributed by atoms with Crippen molar-refractivity contribution in [2.24, 2.45) is 5.73 Å². The van der Waals surface area contributed by atoms with Crippen molar-refractivity contribution in [1.29, 1.82) is 0 Å². The summed E-state index contributed by atoms with van der Waals surface area (Å²) in [5, 5.41) is 6.16. The first-order valence-corrected chi connectivity index (χ1v) is 14.6. The quantitative estimate of drug-likeness (QED) is 0.230. The Morgan fingerprint density at radius 1 is 0.878 bits per heavy atom. The number of carbonyl (C=O) groups is 1. The van der Waals surface area contributed by atoms with Crippen LogP contribution in [0.15, 0.2) is 48.8 Å². The van der Waals surface area contributed by atoms with Gasteiger partial charge in [-0.15, -0.1) is 0 Å². The van der Waals surface area contributed by atoms with Gasteiger partial charge >= 0.3 is 12.2 Å². The SMILES string of the molecule is CC(C)(C)OC(=O)NCCCCCCNCc1ccccn1.CN(CCCCCCN)Cc1ccccn1.O=C=O. The molecule has 2 rings (SSSR count). The zero-order chi connectivity index (χ0) is 30.6. The maximum atomic E-state index is 11.4. The van der Waals surface area contributed by atoms with E-state index in [0.717, 1.165) is 76.2 Å². The van der Waals surface area contributed by atoms with Crippen molar-refractivity contribution in [3.05, 3.63) is 60.2 Å². The van der Waals surface area contributed by atoms with Gasteiger partial charge in [-0.25, -0.2) is 4.79 Å². The van der Waals surface area contributed by atoms with Crippen LogP contribution in [-0.2, 0) is 27.4 Å². The topological polar surface area (TPSA) is 140 Å². The lowest BCUT2D eigenvalue weighted by Crippen LogP contribution is -2.33. The van der Waals surface area contributed by atoms with Gasteiger partial charge in [0.05, 0.1) is 11.4 Å². The first-order valence-electron chi connectivity index (χ1n) is 14.6. The maximum absolute atomic E-state index is 11.4. The number of alkyl carbamates (subject to hydrolysis) is 1. The van der Waals surface area contributed by atoms with Gasteiger partial charge in [0, 0.05) is 32.0 Å². The number of nitrogens with two attached hydrogens (primary N) is 1. The van der Waals surface area contributed by atoms with Crippen molar-refractivity contribution >= 4 is 12.2 Å². The molecule has 230 valence electrons. The number of ether oxygens (including phenoxy) is 1.